The Morgan fingerprint density at radius 2 is 2.16 bits per heavy atom. The van der Waals surface area contributed by atoms with Crippen molar-refractivity contribution < 1.29 is 9.59 Å². The summed E-state index contributed by atoms with van der Waals surface area (Å²) in [5.41, 5.74) is 2.07. The quantitative estimate of drug-likeness (QED) is 0.865. The Kier molecular flexibility index (Phi) is 3.12. The molecule has 1 aromatic heterocycles. The lowest BCUT2D eigenvalue weighted by molar-refractivity contribution is 0.0946. The van der Waals surface area contributed by atoms with Crippen LogP contribution in [0.15, 0.2) is 29.6 Å². The van der Waals surface area contributed by atoms with Crippen LogP contribution in [0.2, 0.25) is 5.02 Å². The van der Waals surface area contributed by atoms with Crippen molar-refractivity contribution in [2.24, 2.45) is 0 Å². The molecule has 0 saturated heterocycles. The standard InChI is InChI=1S/C14H10ClNO2S/c15-11-4-6-19-13(11)12(17)9-2-1-8-3-5-16-14(18)10(8)7-9/h1-2,4,6-7H,3,5H2,(H,16,18). The lowest BCUT2D eigenvalue weighted by Crippen LogP contribution is -2.32. The molecule has 0 saturated carbocycles. The Bertz CT molecular complexity index is 678. The van der Waals surface area contributed by atoms with Crippen LogP contribution in [0, 0.1) is 0 Å². The van der Waals surface area contributed by atoms with E-state index in [1.54, 1.807) is 23.6 Å². The topological polar surface area (TPSA) is 46.2 Å². The fourth-order valence-electron chi connectivity index (χ4n) is 2.14. The summed E-state index contributed by atoms with van der Waals surface area (Å²) in [5, 5.41) is 5.01. The minimum absolute atomic E-state index is 0.117. The van der Waals surface area contributed by atoms with Crippen molar-refractivity contribution in [3.8, 4) is 0 Å². The average molecular weight is 292 g/mol. The summed E-state index contributed by atoms with van der Waals surface area (Å²) in [5.74, 6) is -0.255. The van der Waals surface area contributed by atoms with E-state index in [0.717, 1.165) is 12.0 Å². The first-order chi connectivity index (χ1) is 9.16. The number of benzene rings is 1. The van der Waals surface area contributed by atoms with Crippen LogP contribution >= 0.6 is 22.9 Å². The van der Waals surface area contributed by atoms with E-state index in [1.165, 1.54) is 11.3 Å². The molecule has 1 aliphatic heterocycles. The Morgan fingerprint density at radius 1 is 1.32 bits per heavy atom. The second kappa shape index (κ2) is 4.79. The van der Waals surface area contributed by atoms with Gasteiger partial charge in [0.25, 0.3) is 5.91 Å². The van der Waals surface area contributed by atoms with E-state index in [-0.39, 0.29) is 11.7 Å². The first kappa shape index (κ1) is 12.4. The fraction of sp³-hybridized carbons (Fsp3) is 0.143. The maximum Gasteiger partial charge on any atom is 0.251 e. The molecule has 3 nitrogen and oxygen atoms in total. The van der Waals surface area contributed by atoms with Crippen molar-refractivity contribution in [1.82, 2.24) is 5.32 Å². The van der Waals surface area contributed by atoms with Gasteiger partial charge in [0, 0.05) is 17.7 Å². The van der Waals surface area contributed by atoms with E-state index in [9.17, 15) is 9.59 Å². The molecule has 2 heterocycles. The van der Waals surface area contributed by atoms with Crippen LogP contribution in [0.5, 0.6) is 0 Å². The van der Waals surface area contributed by atoms with Gasteiger partial charge >= 0.3 is 0 Å². The van der Waals surface area contributed by atoms with Gasteiger partial charge in [-0.25, -0.2) is 0 Å². The van der Waals surface area contributed by atoms with Crippen molar-refractivity contribution in [1.29, 1.82) is 0 Å². The molecule has 1 amide bonds. The zero-order valence-electron chi connectivity index (χ0n) is 9.90. The lowest BCUT2D eigenvalue weighted by Gasteiger charge is -2.16. The summed E-state index contributed by atoms with van der Waals surface area (Å²) in [6.07, 6.45) is 0.801. The number of thiophene rings is 1. The van der Waals surface area contributed by atoms with Crippen LogP contribution in [0.25, 0.3) is 0 Å². The number of hydrogen-bond acceptors (Lipinski definition) is 3. The molecule has 0 bridgehead atoms. The van der Waals surface area contributed by atoms with Gasteiger partial charge in [-0.3, -0.25) is 9.59 Å². The molecule has 96 valence electrons. The number of carbonyl (C=O) groups is 2. The summed E-state index contributed by atoms with van der Waals surface area (Å²) >= 11 is 7.28. The largest absolute Gasteiger partial charge is 0.352 e. The van der Waals surface area contributed by atoms with Crippen LogP contribution in [0.3, 0.4) is 0 Å². The van der Waals surface area contributed by atoms with Gasteiger partial charge in [-0.2, -0.15) is 0 Å². The molecule has 19 heavy (non-hydrogen) atoms. The highest BCUT2D eigenvalue weighted by Crippen LogP contribution is 2.26. The van der Waals surface area contributed by atoms with E-state index >= 15 is 0 Å². The number of hydrogen-bond donors (Lipinski definition) is 1. The molecule has 3 rings (SSSR count). The lowest BCUT2D eigenvalue weighted by atomic mass is 9.96. The number of amides is 1. The molecule has 0 unspecified atom stereocenters. The van der Waals surface area contributed by atoms with E-state index in [0.29, 0.717) is 27.6 Å². The van der Waals surface area contributed by atoms with Crippen LogP contribution in [-0.4, -0.2) is 18.2 Å². The number of fused-ring (bicyclic) bond motifs is 1. The molecule has 1 aliphatic rings. The van der Waals surface area contributed by atoms with Crippen molar-refractivity contribution in [2.75, 3.05) is 6.54 Å². The van der Waals surface area contributed by atoms with Gasteiger partial charge in [0.15, 0.2) is 0 Å². The maximum atomic E-state index is 12.3. The molecule has 2 aromatic rings. The summed E-state index contributed by atoms with van der Waals surface area (Å²) in [6, 6.07) is 6.96. The Morgan fingerprint density at radius 3 is 2.89 bits per heavy atom. The number of rotatable bonds is 2. The van der Waals surface area contributed by atoms with Crippen molar-refractivity contribution in [3.63, 3.8) is 0 Å². The predicted molar refractivity (Wildman–Crippen MR) is 75.2 cm³/mol. The van der Waals surface area contributed by atoms with Crippen LogP contribution < -0.4 is 5.32 Å². The zero-order chi connectivity index (χ0) is 13.4. The number of halogens is 1. The van der Waals surface area contributed by atoms with Crippen molar-refractivity contribution in [2.45, 2.75) is 6.42 Å². The molecular formula is C14H10ClNO2S. The van der Waals surface area contributed by atoms with Gasteiger partial charge in [0.05, 0.1) is 9.90 Å². The van der Waals surface area contributed by atoms with E-state index in [2.05, 4.69) is 5.32 Å². The highest BCUT2D eigenvalue weighted by molar-refractivity contribution is 7.13. The summed E-state index contributed by atoms with van der Waals surface area (Å²) in [6.45, 7) is 0.649. The molecule has 0 spiro atoms. The second-order valence-electron chi connectivity index (χ2n) is 4.30. The van der Waals surface area contributed by atoms with E-state index < -0.39 is 0 Å². The molecule has 1 aromatic carbocycles. The summed E-state index contributed by atoms with van der Waals surface area (Å²) in [4.78, 5) is 24.6. The Labute approximate surface area is 119 Å². The molecule has 0 aliphatic carbocycles. The smallest absolute Gasteiger partial charge is 0.251 e. The zero-order valence-corrected chi connectivity index (χ0v) is 11.5. The Balaban J connectivity index is 2.03. The van der Waals surface area contributed by atoms with Gasteiger partial charge in [0.1, 0.15) is 0 Å². The second-order valence-corrected chi connectivity index (χ2v) is 5.63. The highest BCUT2D eigenvalue weighted by atomic mass is 35.5. The molecule has 1 N–H and O–H groups in total. The maximum absolute atomic E-state index is 12.3. The van der Waals surface area contributed by atoms with Crippen molar-refractivity contribution in [3.05, 3.63) is 56.2 Å². The van der Waals surface area contributed by atoms with Crippen LogP contribution in [0.4, 0.5) is 0 Å². The Hall–Kier alpha value is -1.65. The molecule has 5 heteroatoms. The van der Waals surface area contributed by atoms with Gasteiger partial charge in [-0.1, -0.05) is 23.7 Å². The average Bonchev–Trinajstić information content (AvgIpc) is 2.84. The first-order valence-electron chi connectivity index (χ1n) is 5.85. The van der Waals surface area contributed by atoms with Gasteiger partial charge in [-0.05, 0) is 29.5 Å². The number of nitrogens with one attached hydrogen (secondary N) is 1. The van der Waals surface area contributed by atoms with Gasteiger partial charge in [-0.15, -0.1) is 11.3 Å². The molecule has 0 radical (unpaired) electrons. The van der Waals surface area contributed by atoms with Crippen LogP contribution in [-0.2, 0) is 6.42 Å². The predicted octanol–water partition coefficient (Wildman–Crippen LogP) is 2.92. The highest BCUT2D eigenvalue weighted by Gasteiger charge is 2.20. The third-order valence-electron chi connectivity index (χ3n) is 3.12. The summed E-state index contributed by atoms with van der Waals surface area (Å²) < 4.78 is 0. The third kappa shape index (κ3) is 2.17. The number of ketones is 1. The van der Waals surface area contributed by atoms with Gasteiger partial charge in [0.2, 0.25) is 5.78 Å². The molecule has 0 fully saturated rings. The van der Waals surface area contributed by atoms with E-state index in [4.69, 9.17) is 11.6 Å². The number of carbonyl (C=O) groups excluding carboxylic acids is 2. The molecular weight excluding hydrogens is 282 g/mol. The minimum atomic E-state index is -0.138. The normalized spacial score (nSPS) is 13.8. The van der Waals surface area contributed by atoms with E-state index in [1.807, 2.05) is 6.07 Å². The summed E-state index contributed by atoms with van der Waals surface area (Å²) in [7, 11) is 0. The third-order valence-corrected chi connectivity index (χ3v) is 4.46. The van der Waals surface area contributed by atoms with Crippen molar-refractivity contribution >= 4 is 34.6 Å². The minimum Gasteiger partial charge on any atom is -0.352 e. The monoisotopic (exact) mass is 291 g/mol. The SMILES string of the molecule is O=C1NCCc2ccc(C(=O)c3sccc3Cl)cc21. The molecule has 0 atom stereocenters. The first-order valence-corrected chi connectivity index (χ1v) is 7.11. The van der Waals surface area contributed by atoms with Gasteiger partial charge < -0.3 is 5.32 Å². The fourth-order valence-corrected chi connectivity index (χ4v) is 3.24. The van der Waals surface area contributed by atoms with Crippen LogP contribution in [0.1, 0.15) is 31.2 Å².